The molecule has 0 unspecified atom stereocenters. The van der Waals surface area contributed by atoms with Crippen molar-refractivity contribution in [3.8, 4) is 16.9 Å². The number of hydrogen-bond donors (Lipinski definition) is 1. The molecule has 0 saturated carbocycles. The molecule has 24 heavy (non-hydrogen) atoms. The van der Waals surface area contributed by atoms with Crippen molar-refractivity contribution in [2.45, 2.75) is 19.9 Å². The van der Waals surface area contributed by atoms with Crippen LogP contribution >= 0.6 is 23.2 Å². The highest BCUT2D eigenvalue weighted by Gasteiger charge is 2.24. The predicted octanol–water partition coefficient (Wildman–Crippen LogP) is 5.41. The fraction of sp³-hybridized carbons (Fsp3) is 0.200. The molecule has 3 aromatic rings. The quantitative estimate of drug-likeness (QED) is 0.649. The van der Waals surface area contributed by atoms with Gasteiger partial charge in [-0.3, -0.25) is 0 Å². The zero-order valence-electron chi connectivity index (χ0n) is 13.4. The molecule has 0 atom stereocenters. The third kappa shape index (κ3) is 2.55. The largest absolute Gasteiger partial charge is 0.312 e. The van der Waals surface area contributed by atoms with Crippen LogP contribution in [0.2, 0.25) is 10.0 Å². The summed E-state index contributed by atoms with van der Waals surface area (Å²) in [5, 5.41) is 5.00. The number of aromatic nitrogens is 1. The van der Waals surface area contributed by atoms with Crippen LogP contribution in [0.1, 0.15) is 16.8 Å². The van der Waals surface area contributed by atoms with Gasteiger partial charge in [-0.05, 0) is 47.9 Å². The van der Waals surface area contributed by atoms with Gasteiger partial charge < -0.3 is 9.88 Å². The fourth-order valence-corrected chi connectivity index (χ4v) is 3.91. The van der Waals surface area contributed by atoms with Crippen molar-refractivity contribution < 1.29 is 0 Å². The molecule has 0 radical (unpaired) electrons. The van der Waals surface area contributed by atoms with Crippen molar-refractivity contribution in [3.05, 3.63) is 75.4 Å². The smallest absolute Gasteiger partial charge is 0.0646 e. The van der Waals surface area contributed by atoms with Crippen molar-refractivity contribution in [2.75, 3.05) is 6.54 Å². The van der Waals surface area contributed by atoms with Crippen LogP contribution in [0.4, 0.5) is 0 Å². The maximum atomic E-state index is 6.54. The summed E-state index contributed by atoms with van der Waals surface area (Å²) in [5.74, 6) is 0. The van der Waals surface area contributed by atoms with Gasteiger partial charge in [-0.25, -0.2) is 0 Å². The molecule has 4 rings (SSSR count). The number of fused-ring (bicyclic) bond motifs is 1. The molecule has 2 aromatic carbocycles. The third-order valence-electron chi connectivity index (χ3n) is 4.70. The van der Waals surface area contributed by atoms with Crippen LogP contribution in [0, 0.1) is 6.92 Å². The van der Waals surface area contributed by atoms with Gasteiger partial charge >= 0.3 is 0 Å². The first-order valence-electron chi connectivity index (χ1n) is 8.11. The summed E-state index contributed by atoms with van der Waals surface area (Å²) >= 11 is 12.6. The minimum Gasteiger partial charge on any atom is -0.312 e. The summed E-state index contributed by atoms with van der Waals surface area (Å²) in [5.41, 5.74) is 7.44. The second kappa shape index (κ2) is 6.29. The van der Waals surface area contributed by atoms with Crippen molar-refractivity contribution in [1.82, 2.24) is 9.88 Å². The van der Waals surface area contributed by atoms with Crippen LogP contribution in [0.15, 0.2) is 48.5 Å². The fourth-order valence-electron chi connectivity index (χ4n) is 3.57. The first kappa shape index (κ1) is 15.8. The zero-order chi connectivity index (χ0) is 16.7. The van der Waals surface area contributed by atoms with Gasteiger partial charge in [0.2, 0.25) is 0 Å². The molecule has 0 bridgehead atoms. The molecular weight excluding hydrogens is 339 g/mol. The summed E-state index contributed by atoms with van der Waals surface area (Å²) in [7, 11) is 0. The molecule has 0 aliphatic carbocycles. The second-order valence-corrected chi connectivity index (χ2v) is 6.96. The summed E-state index contributed by atoms with van der Waals surface area (Å²) < 4.78 is 2.33. The van der Waals surface area contributed by atoms with Crippen molar-refractivity contribution in [1.29, 1.82) is 0 Å². The SMILES string of the molecule is Cc1c2c(n(-c3ccccc3Cl)c1-c1ccc(Cl)cc1)CCNC2. The highest BCUT2D eigenvalue weighted by Crippen LogP contribution is 2.37. The van der Waals surface area contributed by atoms with E-state index in [2.05, 4.69) is 35.0 Å². The highest BCUT2D eigenvalue weighted by atomic mass is 35.5. The average Bonchev–Trinajstić information content (AvgIpc) is 2.89. The first-order chi connectivity index (χ1) is 11.7. The van der Waals surface area contributed by atoms with Crippen molar-refractivity contribution in [3.63, 3.8) is 0 Å². The molecule has 1 aliphatic heterocycles. The molecule has 1 N–H and O–H groups in total. The van der Waals surface area contributed by atoms with E-state index in [0.717, 1.165) is 40.8 Å². The Morgan fingerprint density at radius 3 is 2.50 bits per heavy atom. The van der Waals surface area contributed by atoms with Gasteiger partial charge in [0.1, 0.15) is 0 Å². The van der Waals surface area contributed by atoms with Crippen LogP contribution in [0.3, 0.4) is 0 Å². The molecular formula is C20H18Cl2N2. The molecule has 1 aliphatic rings. The Hall–Kier alpha value is -1.74. The van der Waals surface area contributed by atoms with E-state index in [4.69, 9.17) is 23.2 Å². The predicted molar refractivity (Wildman–Crippen MR) is 101 cm³/mol. The topological polar surface area (TPSA) is 17.0 Å². The third-order valence-corrected chi connectivity index (χ3v) is 5.27. The Balaban J connectivity index is 2.04. The lowest BCUT2D eigenvalue weighted by atomic mass is 10.0. The van der Waals surface area contributed by atoms with E-state index in [9.17, 15) is 0 Å². The van der Waals surface area contributed by atoms with E-state index in [-0.39, 0.29) is 0 Å². The second-order valence-electron chi connectivity index (χ2n) is 6.12. The number of halogens is 2. The number of rotatable bonds is 2. The van der Waals surface area contributed by atoms with Gasteiger partial charge in [-0.15, -0.1) is 0 Å². The van der Waals surface area contributed by atoms with E-state index in [1.807, 2.05) is 30.3 Å². The van der Waals surface area contributed by atoms with Gasteiger partial charge in [-0.1, -0.05) is 47.5 Å². The van der Waals surface area contributed by atoms with Gasteiger partial charge in [0.05, 0.1) is 16.4 Å². The number of hydrogen-bond acceptors (Lipinski definition) is 1. The number of benzene rings is 2. The van der Waals surface area contributed by atoms with Gasteiger partial charge in [0.15, 0.2) is 0 Å². The monoisotopic (exact) mass is 356 g/mol. The summed E-state index contributed by atoms with van der Waals surface area (Å²) in [6, 6.07) is 16.1. The van der Waals surface area contributed by atoms with Crippen LogP contribution < -0.4 is 5.32 Å². The van der Waals surface area contributed by atoms with Crippen LogP contribution in [-0.2, 0) is 13.0 Å². The summed E-state index contributed by atoms with van der Waals surface area (Å²) in [4.78, 5) is 0. The number of nitrogens with one attached hydrogen (secondary N) is 1. The Labute approximate surface area is 152 Å². The highest BCUT2D eigenvalue weighted by molar-refractivity contribution is 6.32. The molecule has 0 spiro atoms. The Morgan fingerprint density at radius 2 is 1.75 bits per heavy atom. The van der Waals surface area contributed by atoms with E-state index >= 15 is 0 Å². The van der Waals surface area contributed by atoms with Gasteiger partial charge in [-0.2, -0.15) is 0 Å². The van der Waals surface area contributed by atoms with Crippen LogP contribution in [0.5, 0.6) is 0 Å². The van der Waals surface area contributed by atoms with Crippen molar-refractivity contribution in [2.24, 2.45) is 0 Å². The van der Waals surface area contributed by atoms with Crippen molar-refractivity contribution >= 4 is 23.2 Å². The lowest BCUT2D eigenvalue weighted by molar-refractivity contribution is 0.627. The van der Waals surface area contributed by atoms with Crippen LogP contribution in [0.25, 0.3) is 16.9 Å². The van der Waals surface area contributed by atoms with Crippen LogP contribution in [-0.4, -0.2) is 11.1 Å². The minimum atomic E-state index is 0.749. The lowest BCUT2D eigenvalue weighted by Gasteiger charge is -2.19. The minimum absolute atomic E-state index is 0.749. The molecule has 2 heterocycles. The Morgan fingerprint density at radius 1 is 1.00 bits per heavy atom. The normalized spacial score (nSPS) is 13.8. The standard InChI is InChI=1S/C20H18Cl2N2/c1-13-16-12-23-11-10-18(16)24(19-5-3-2-4-17(19)22)20(13)14-6-8-15(21)9-7-14/h2-9,23H,10-12H2,1H3. The number of nitrogens with zero attached hydrogens (tertiary/aromatic N) is 1. The summed E-state index contributed by atoms with van der Waals surface area (Å²) in [6.45, 7) is 4.09. The Kier molecular flexibility index (Phi) is 4.13. The maximum Gasteiger partial charge on any atom is 0.0646 e. The molecule has 2 nitrogen and oxygen atoms in total. The number of para-hydroxylation sites is 1. The van der Waals surface area contributed by atoms with Gasteiger partial charge in [0.25, 0.3) is 0 Å². The molecule has 0 fully saturated rings. The maximum absolute atomic E-state index is 6.54. The molecule has 1 aromatic heterocycles. The van der Waals surface area contributed by atoms with E-state index in [1.165, 1.54) is 22.5 Å². The zero-order valence-corrected chi connectivity index (χ0v) is 15.0. The molecule has 4 heteroatoms. The van der Waals surface area contributed by atoms with E-state index in [0.29, 0.717) is 0 Å². The van der Waals surface area contributed by atoms with E-state index < -0.39 is 0 Å². The molecule has 0 amide bonds. The van der Waals surface area contributed by atoms with E-state index in [1.54, 1.807) is 0 Å². The Bertz CT molecular complexity index is 895. The first-order valence-corrected chi connectivity index (χ1v) is 8.87. The summed E-state index contributed by atoms with van der Waals surface area (Å²) in [6.07, 6.45) is 0.995. The van der Waals surface area contributed by atoms with Gasteiger partial charge in [0, 0.05) is 30.2 Å². The lowest BCUT2D eigenvalue weighted by Crippen LogP contribution is -2.24. The average molecular weight is 357 g/mol. The molecule has 122 valence electrons. The molecule has 0 saturated heterocycles.